The average Bonchev–Trinajstić information content (AvgIpc) is 3.08. The Hall–Kier alpha value is -3.74. The molecule has 0 aliphatic carbocycles. The molecule has 3 heterocycles. The van der Waals surface area contributed by atoms with Crippen molar-refractivity contribution in [2.45, 2.75) is 6.92 Å². The maximum Gasteiger partial charge on any atom is 0.267 e. The van der Waals surface area contributed by atoms with Gasteiger partial charge in [0.15, 0.2) is 5.82 Å². The smallest absolute Gasteiger partial charge is 0.267 e. The van der Waals surface area contributed by atoms with Crippen molar-refractivity contribution in [2.24, 2.45) is 4.99 Å². The predicted octanol–water partition coefficient (Wildman–Crippen LogP) is 2.87. The molecule has 0 radical (unpaired) electrons. The lowest BCUT2D eigenvalue weighted by Crippen LogP contribution is -2.20. The van der Waals surface area contributed by atoms with E-state index in [0.717, 1.165) is 5.69 Å². The van der Waals surface area contributed by atoms with Gasteiger partial charge in [-0.05, 0) is 25.1 Å². The minimum atomic E-state index is -0.343. The van der Waals surface area contributed by atoms with Gasteiger partial charge in [0.25, 0.3) is 5.56 Å². The number of fused-ring (bicyclic) bond motifs is 1. The minimum absolute atomic E-state index is 0.219. The second-order valence-electron chi connectivity index (χ2n) is 5.78. The Kier molecular flexibility index (Phi) is 3.81. The molecule has 0 atom stereocenters. The number of nitrogens with zero attached hydrogens (tertiary/aromatic N) is 4. The van der Waals surface area contributed by atoms with E-state index in [0.29, 0.717) is 28.0 Å². The van der Waals surface area contributed by atoms with E-state index >= 15 is 0 Å². The van der Waals surface area contributed by atoms with Crippen molar-refractivity contribution < 1.29 is 5.11 Å². The molecule has 7 nitrogen and oxygen atoms in total. The standard InChI is InChI=1S/C19H15N5O2/c1-12-10-16(23-22-12)21-11-15-13-6-2-3-7-14(13)18(25)24(19(15)26)17-8-4-5-9-20-17/h2-11,26H,1H3,(H,22,23). The molecule has 0 saturated carbocycles. The number of hydrogen-bond donors (Lipinski definition) is 2. The Morgan fingerprint density at radius 1 is 1.15 bits per heavy atom. The van der Waals surface area contributed by atoms with Crippen molar-refractivity contribution in [1.29, 1.82) is 0 Å². The second kappa shape index (κ2) is 6.29. The highest BCUT2D eigenvalue weighted by Gasteiger charge is 2.16. The number of aliphatic imine (C=N–C) groups is 1. The second-order valence-corrected chi connectivity index (χ2v) is 5.78. The zero-order valence-corrected chi connectivity index (χ0v) is 13.9. The van der Waals surface area contributed by atoms with E-state index in [9.17, 15) is 9.90 Å². The third-order valence-corrected chi connectivity index (χ3v) is 4.00. The van der Waals surface area contributed by atoms with Crippen molar-refractivity contribution in [2.75, 3.05) is 0 Å². The Labute approximate surface area is 148 Å². The molecule has 0 fully saturated rings. The van der Waals surface area contributed by atoms with Crippen LogP contribution in [0.1, 0.15) is 11.3 Å². The Morgan fingerprint density at radius 3 is 2.62 bits per heavy atom. The first-order chi connectivity index (χ1) is 12.6. The maximum absolute atomic E-state index is 12.9. The average molecular weight is 345 g/mol. The molecule has 0 amide bonds. The molecular weight excluding hydrogens is 330 g/mol. The number of aromatic hydroxyl groups is 1. The summed E-state index contributed by atoms with van der Waals surface area (Å²) in [6.45, 7) is 1.88. The molecule has 7 heteroatoms. The van der Waals surface area contributed by atoms with E-state index in [1.807, 2.05) is 13.0 Å². The van der Waals surface area contributed by atoms with Crippen LogP contribution in [0.25, 0.3) is 16.6 Å². The lowest BCUT2D eigenvalue weighted by Gasteiger charge is -2.12. The van der Waals surface area contributed by atoms with Gasteiger partial charge in [0.2, 0.25) is 5.88 Å². The van der Waals surface area contributed by atoms with Gasteiger partial charge in [-0.25, -0.2) is 14.5 Å². The number of H-pyrrole nitrogens is 1. The van der Waals surface area contributed by atoms with E-state index < -0.39 is 0 Å². The van der Waals surface area contributed by atoms with E-state index in [4.69, 9.17) is 0 Å². The van der Waals surface area contributed by atoms with Gasteiger partial charge in [0.05, 0.1) is 5.56 Å². The van der Waals surface area contributed by atoms with Crippen LogP contribution >= 0.6 is 0 Å². The molecule has 0 aliphatic heterocycles. The fraction of sp³-hybridized carbons (Fsp3) is 0.0526. The number of aryl methyl sites for hydroxylation is 1. The molecule has 0 bridgehead atoms. The third-order valence-electron chi connectivity index (χ3n) is 4.00. The van der Waals surface area contributed by atoms with Crippen LogP contribution in [0.5, 0.6) is 5.88 Å². The van der Waals surface area contributed by atoms with Gasteiger partial charge >= 0.3 is 0 Å². The topological polar surface area (TPSA) is 96.2 Å². The maximum atomic E-state index is 12.9. The molecule has 4 aromatic rings. The first-order valence-corrected chi connectivity index (χ1v) is 7.99. The van der Waals surface area contributed by atoms with Crippen molar-refractivity contribution in [3.63, 3.8) is 0 Å². The summed E-state index contributed by atoms with van der Waals surface area (Å²) in [4.78, 5) is 21.4. The van der Waals surface area contributed by atoms with Crippen LogP contribution in [0, 0.1) is 6.92 Å². The van der Waals surface area contributed by atoms with Crippen LogP contribution in [0.2, 0.25) is 0 Å². The molecular formula is C19H15N5O2. The number of hydrogen-bond acceptors (Lipinski definition) is 5. The molecule has 2 N–H and O–H groups in total. The van der Waals surface area contributed by atoms with E-state index in [1.165, 1.54) is 10.8 Å². The first kappa shape index (κ1) is 15.8. The van der Waals surface area contributed by atoms with Crippen LogP contribution in [-0.2, 0) is 0 Å². The summed E-state index contributed by atoms with van der Waals surface area (Å²) >= 11 is 0. The summed E-state index contributed by atoms with van der Waals surface area (Å²) in [7, 11) is 0. The predicted molar refractivity (Wildman–Crippen MR) is 99.6 cm³/mol. The number of benzene rings is 1. The monoisotopic (exact) mass is 345 g/mol. The molecule has 0 unspecified atom stereocenters. The van der Waals surface area contributed by atoms with E-state index in [2.05, 4.69) is 20.2 Å². The molecule has 26 heavy (non-hydrogen) atoms. The Morgan fingerprint density at radius 2 is 1.92 bits per heavy atom. The summed E-state index contributed by atoms with van der Waals surface area (Å²) in [5.41, 5.74) is 0.959. The largest absolute Gasteiger partial charge is 0.494 e. The summed E-state index contributed by atoms with van der Waals surface area (Å²) < 4.78 is 1.18. The van der Waals surface area contributed by atoms with Gasteiger partial charge in [-0.1, -0.05) is 24.3 Å². The molecule has 0 aliphatic rings. The summed E-state index contributed by atoms with van der Waals surface area (Å²) in [6, 6.07) is 14.0. The number of pyridine rings is 2. The van der Waals surface area contributed by atoms with Crippen LogP contribution in [0.4, 0.5) is 5.82 Å². The van der Waals surface area contributed by atoms with Gasteiger partial charge in [0, 0.05) is 34.9 Å². The number of aromatic amines is 1. The normalized spacial score (nSPS) is 11.4. The lowest BCUT2D eigenvalue weighted by atomic mass is 10.1. The van der Waals surface area contributed by atoms with Gasteiger partial charge in [0.1, 0.15) is 5.82 Å². The summed E-state index contributed by atoms with van der Waals surface area (Å²) in [6.07, 6.45) is 3.07. The highest BCUT2D eigenvalue weighted by atomic mass is 16.3. The van der Waals surface area contributed by atoms with Crippen molar-refractivity contribution >= 4 is 22.8 Å². The number of nitrogens with one attached hydrogen (secondary N) is 1. The molecule has 3 aromatic heterocycles. The molecule has 0 spiro atoms. The first-order valence-electron chi connectivity index (χ1n) is 7.99. The van der Waals surface area contributed by atoms with Gasteiger partial charge < -0.3 is 5.11 Å². The zero-order valence-electron chi connectivity index (χ0n) is 13.9. The van der Waals surface area contributed by atoms with Gasteiger partial charge in [-0.15, -0.1) is 0 Å². The number of aromatic nitrogens is 4. The van der Waals surface area contributed by atoms with Gasteiger partial charge in [-0.3, -0.25) is 9.89 Å². The highest BCUT2D eigenvalue weighted by Crippen LogP contribution is 2.25. The minimum Gasteiger partial charge on any atom is -0.494 e. The van der Waals surface area contributed by atoms with Crippen molar-refractivity contribution in [3.05, 3.63) is 76.3 Å². The SMILES string of the molecule is Cc1cc(N=Cc2c(O)n(-c3ccccn3)c(=O)c3ccccc23)n[nH]1. The van der Waals surface area contributed by atoms with Crippen molar-refractivity contribution in [3.8, 4) is 11.7 Å². The fourth-order valence-electron chi connectivity index (χ4n) is 2.79. The van der Waals surface area contributed by atoms with Crippen LogP contribution < -0.4 is 5.56 Å². The summed E-state index contributed by atoms with van der Waals surface area (Å²) in [5.74, 6) is 0.607. The zero-order chi connectivity index (χ0) is 18.1. The van der Waals surface area contributed by atoms with Crippen LogP contribution in [-0.4, -0.2) is 31.1 Å². The summed E-state index contributed by atoms with van der Waals surface area (Å²) in [5, 5.41) is 18.8. The van der Waals surface area contributed by atoms with Gasteiger partial charge in [-0.2, -0.15) is 5.10 Å². The molecule has 128 valence electrons. The quantitative estimate of drug-likeness (QED) is 0.558. The van der Waals surface area contributed by atoms with Crippen molar-refractivity contribution in [1.82, 2.24) is 19.7 Å². The Balaban J connectivity index is 1.99. The van der Waals surface area contributed by atoms with Crippen LogP contribution in [0.15, 0.2) is 64.5 Å². The molecule has 1 aromatic carbocycles. The van der Waals surface area contributed by atoms with E-state index in [-0.39, 0.29) is 11.4 Å². The fourth-order valence-corrected chi connectivity index (χ4v) is 2.79. The number of rotatable bonds is 3. The third kappa shape index (κ3) is 2.65. The molecule has 4 rings (SSSR count). The Bertz CT molecular complexity index is 1180. The van der Waals surface area contributed by atoms with Crippen LogP contribution in [0.3, 0.4) is 0 Å². The molecule has 0 saturated heterocycles. The van der Waals surface area contributed by atoms with E-state index in [1.54, 1.807) is 48.7 Å². The lowest BCUT2D eigenvalue weighted by molar-refractivity contribution is 0.435. The highest BCUT2D eigenvalue weighted by molar-refractivity contribution is 6.02.